The van der Waals surface area contributed by atoms with Gasteiger partial charge in [0.2, 0.25) is 0 Å². The molecule has 0 radical (unpaired) electrons. The van der Waals surface area contributed by atoms with E-state index in [-0.39, 0.29) is 0 Å². The largest absolute Gasteiger partial charge is 0.384 e. The first-order valence-electron chi connectivity index (χ1n) is 6.12. The molecule has 0 saturated heterocycles. The molecule has 1 aromatic rings. The lowest BCUT2D eigenvalue weighted by Crippen LogP contribution is -2.29. The first-order chi connectivity index (χ1) is 8.30. The minimum absolute atomic E-state index is 0.455. The molecule has 1 heterocycles. The van der Waals surface area contributed by atoms with E-state index in [1.807, 2.05) is 12.1 Å². The van der Waals surface area contributed by atoms with Crippen molar-refractivity contribution < 1.29 is 0 Å². The summed E-state index contributed by atoms with van der Waals surface area (Å²) in [5.74, 6) is 0. The number of nitriles is 1. The number of likely N-dealkylation sites (N-methyl/N-ethyl adjacent to an activating group) is 1. The van der Waals surface area contributed by atoms with E-state index in [0.29, 0.717) is 5.69 Å². The van der Waals surface area contributed by atoms with Crippen LogP contribution in [0.25, 0.3) is 0 Å². The minimum Gasteiger partial charge on any atom is -0.384 e. The van der Waals surface area contributed by atoms with Crippen LogP contribution in [0.5, 0.6) is 0 Å². The molecule has 0 spiro atoms. The van der Waals surface area contributed by atoms with E-state index in [2.05, 4.69) is 29.0 Å². The van der Waals surface area contributed by atoms with Crippen LogP contribution in [-0.2, 0) is 0 Å². The summed E-state index contributed by atoms with van der Waals surface area (Å²) in [6.07, 6.45) is 2.84. The lowest BCUT2D eigenvalue weighted by Gasteiger charge is -2.19. The van der Waals surface area contributed by atoms with Crippen LogP contribution in [0.4, 0.5) is 5.69 Å². The third-order valence-corrected chi connectivity index (χ3v) is 2.62. The van der Waals surface area contributed by atoms with Crippen LogP contribution in [-0.4, -0.2) is 36.1 Å². The highest BCUT2D eigenvalue weighted by molar-refractivity contribution is 5.45. The van der Waals surface area contributed by atoms with Crippen molar-refractivity contribution in [1.29, 1.82) is 5.26 Å². The highest BCUT2D eigenvalue weighted by atomic mass is 15.1. The van der Waals surface area contributed by atoms with Gasteiger partial charge in [0, 0.05) is 25.0 Å². The van der Waals surface area contributed by atoms with Crippen LogP contribution in [0.2, 0.25) is 0 Å². The van der Waals surface area contributed by atoms with Gasteiger partial charge in [-0.1, -0.05) is 13.8 Å². The molecule has 92 valence electrons. The molecule has 0 aliphatic heterocycles. The molecule has 0 aromatic carbocycles. The average Bonchev–Trinajstić information content (AvgIpc) is 2.38. The molecular weight excluding hydrogens is 212 g/mol. The summed E-state index contributed by atoms with van der Waals surface area (Å²) >= 11 is 0. The van der Waals surface area contributed by atoms with Crippen LogP contribution in [0.3, 0.4) is 0 Å². The molecule has 4 nitrogen and oxygen atoms in total. The first kappa shape index (κ1) is 13.5. The Morgan fingerprint density at radius 3 is 2.88 bits per heavy atom. The zero-order chi connectivity index (χ0) is 12.5. The molecule has 1 N–H and O–H groups in total. The van der Waals surface area contributed by atoms with Gasteiger partial charge in [-0.3, -0.25) is 0 Å². The number of hydrogen-bond acceptors (Lipinski definition) is 4. The van der Waals surface area contributed by atoms with Crippen LogP contribution in [0, 0.1) is 11.3 Å². The molecule has 0 aliphatic rings. The van der Waals surface area contributed by atoms with E-state index in [1.54, 1.807) is 12.3 Å². The number of anilines is 1. The summed E-state index contributed by atoms with van der Waals surface area (Å²) in [6, 6.07) is 5.70. The third kappa shape index (κ3) is 4.83. The smallest absolute Gasteiger partial charge is 0.142 e. The van der Waals surface area contributed by atoms with E-state index in [4.69, 9.17) is 5.26 Å². The Hall–Kier alpha value is -1.60. The van der Waals surface area contributed by atoms with Crippen molar-refractivity contribution >= 4 is 5.69 Å². The fourth-order valence-corrected chi connectivity index (χ4v) is 1.70. The lowest BCUT2D eigenvalue weighted by molar-refractivity contribution is 0.300. The van der Waals surface area contributed by atoms with Crippen molar-refractivity contribution in [3.8, 4) is 6.07 Å². The van der Waals surface area contributed by atoms with Gasteiger partial charge in [0.05, 0.1) is 0 Å². The van der Waals surface area contributed by atoms with Crippen LogP contribution in [0.1, 0.15) is 26.0 Å². The monoisotopic (exact) mass is 232 g/mol. The lowest BCUT2D eigenvalue weighted by atomic mass is 10.3. The van der Waals surface area contributed by atoms with Crippen LogP contribution < -0.4 is 5.32 Å². The highest BCUT2D eigenvalue weighted by Crippen LogP contribution is 2.06. The van der Waals surface area contributed by atoms with Crippen molar-refractivity contribution in [3.63, 3.8) is 0 Å². The van der Waals surface area contributed by atoms with E-state index in [9.17, 15) is 0 Å². The van der Waals surface area contributed by atoms with E-state index >= 15 is 0 Å². The maximum Gasteiger partial charge on any atom is 0.142 e. The Bertz CT molecular complexity index is 370. The minimum atomic E-state index is 0.455. The molecule has 0 aliphatic carbocycles. The summed E-state index contributed by atoms with van der Waals surface area (Å²) < 4.78 is 0. The van der Waals surface area contributed by atoms with E-state index in [0.717, 1.165) is 31.9 Å². The fraction of sp³-hybridized carbons (Fsp3) is 0.538. The maximum atomic E-state index is 8.74. The van der Waals surface area contributed by atoms with Gasteiger partial charge in [-0.25, -0.2) is 4.98 Å². The number of aromatic nitrogens is 1. The summed E-state index contributed by atoms with van der Waals surface area (Å²) in [5, 5.41) is 12.0. The molecular formula is C13H20N4. The maximum absolute atomic E-state index is 8.74. The topological polar surface area (TPSA) is 52.0 Å². The molecule has 0 amide bonds. The normalized spacial score (nSPS) is 10.2. The molecule has 0 atom stereocenters. The number of nitrogens with one attached hydrogen (secondary N) is 1. The first-order valence-corrected chi connectivity index (χ1v) is 6.12. The van der Waals surface area contributed by atoms with Gasteiger partial charge >= 0.3 is 0 Å². The predicted molar refractivity (Wildman–Crippen MR) is 69.8 cm³/mol. The Morgan fingerprint density at radius 2 is 2.24 bits per heavy atom. The predicted octanol–water partition coefficient (Wildman–Crippen LogP) is 2.10. The Balaban J connectivity index is 2.37. The molecule has 1 aromatic heterocycles. The third-order valence-electron chi connectivity index (χ3n) is 2.62. The van der Waals surface area contributed by atoms with Crippen molar-refractivity contribution in [3.05, 3.63) is 24.0 Å². The number of hydrogen-bond donors (Lipinski definition) is 1. The second-order valence-corrected chi connectivity index (χ2v) is 3.90. The number of nitrogens with zero attached hydrogens (tertiary/aromatic N) is 3. The van der Waals surface area contributed by atoms with Crippen LogP contribution in [0.15, 0.2) is 18.3 Å². The van der Waals surface area contributed by atoms with Gasteiger partial charge in [-0.15, -0.1) is 0 Å². The molecule has 0 bridgehead atoms. The summed E-state index contributed by atoms with van der Waals surface area (Å²) in [5.41, 5.74) is 1.42. The van der Waals surface area contributed by atoms with Crippen molar-refractivity contribution in [2.24, 2.45) is 0 Å². The highest BCUT2D eigenvalue weighted by Gasteiger charge is 2.00. The molecule has 0 unspecified atom stereocenters. The molecule has 17 heavy (non-hydrogen) atoms. The quantitative estimate of drug-likeness (QED) is 0.782. The molecule has 1 rings (SSSR count). The number of rotatable bonds is 7. The summed E-state index contributed by atoms with van der Waals surface area (Å²) in [6.45, 7) is 8.50. The van der Waals surface area contributed by atoms with Crippen molar-refractivity contribution in [2.75, 3.05) is 31.5 Å². The molecule has 0 fully saturated rings. The van der Waals surface area contributed by atoms with Gasteiger partial charge in [0.25, 0.3) is 0 Å². The van der Waals surface area contributed by atoms with Crippen molar-refractivity contribution in [2.45, 2.75) is 20.3 Å². The zero-order valence-electron chi connectivity index (χ0n) is 10.6. The van der Waals surface area contributed by atoms with Crippen molar-refractivity contribution in [1.82, 2.24) is 9.88 Å². The van der Waals surface area contributed by atoms with Gasteiger partial charge in [0.1, 0.15) is 11.8 Å². The summed E-state index contributed by atoms with van der Waals surface area (Å²) in [4.78, 5) is 6.34. The molecule has 0 saturated carbocycles. The van der Waals surface area contributed by atoms with Gasteiger partial charge in [-0.2, -0.15) is 5.26 Å². The van der Waals surface area contributed by atoms with E-state index in [1.165, 1.54) is 6.42 Å². The number of pyridine rings is 1. The fourth-order valence-electron chi connectivity index (χ4n) is 1.70. The Kier molecular flexibility index (Phi) is 6.05. The van der Waals surface area contributed by atoms with Gasteiger partial charge < -0.3 is 10.2 Å². The van der Waals surface area contributed by atoms with E-state index < -0.39 is 0 Å². The molecule has 4 heteroatoms. The zero-order valence-corrected chi connectivity index (χ0v) is 10.6. The second kappa shape index (κ2) is 7.64. The Morgan fingerprint density at radius 1 is 1.41 bits per heavy atom. The second-order valence-electron chi connectivity index (χ2n) is 3.90. The summed E-state index contributed by atoms with van der Waals surface area (Å²) in [7, 11) is 0. The van der Waals surface area contributed by atoms with Crippen LogP contribution >= 0.6 is 0 Å². The Labute approximate surface area is 103 Å². The van der Waals surface area contributed by atoms with Gasteiger partial charge in [-0.05, 0) is 31.6 Å². The van der Waals surface area contributed by atoms with Gasteiger partial charge in [0.15, 0.2) is 0 Å². The SMILES string of the molecule is CCCN(CC)CCNc1ccnc(C#N)c1. The average molecular weight is 232 g/mol. The standard InChI is InChI=1S/C13H20N4/c1-3-8-17(4-2)9-7-16-12-5-6-15-13(10-12)11-14/h5-6,10H,3-4,7-9H2,1-2H3,(H,15,16).